The molecule has 0 spiro atoms. The average Bonchev–Trinajstić information content (AvgIpc) is 3.01. The highest BCUT2D eigenvalue weighted by molar-refractivity contribution is 5.39. The van der Waals surface area contributed by atoms with Crippen molar-refractivity contribution in [1.82, 2.24) is 14.3 Å². The summed E-state index contributed by atoms with van der Waals surface area (Å²) in [6.07, 6.45) is 5.15. The summed E-state index contributed by atoms with van der Waals surface area (Å²) in [6.45, 7) is 1.79. The number of hydrogen-bond donors (Lipinski definition) is 1. The van der Waals surface area contributed by atoms with Crippen LogP contribution >= 0.6 is 0 Å². The molecule has 2 atom stereocenters. The summed E-state index contributed by atoms with van der Waals surface area (Å²) in [4.78, 5) is 6.84. The van der Waals surface area contributed by atoms with Gasteiger partial charge in [-0.2, -0.15) is 0 Å². The van der Waals surface area contributed by atoms with Crippen LogP contribution in [-0.2, 0) is 11.3 Å². The normalized spacial score (nSPS) is 24.3. The van der Waals surface area contributed by atoms with Gasteiger partial charge in [-0.25, -0.2) is 4.98 Å². The van der Waals surface area contributed by atoms with Gasteiger partial charge in [0.05, 0.1) is 18.4 Å². The summed E-state index contributed by atoms with van der Waals surface area (Å²) >= 11 is 0. The van der Waals surface area contributed by atoms with Gasteiger partial charge < -0.3 is 14.2 Å². The highest BCUT2D eigenvalue weighted by Crippen LogP contribution is 2.21. The molecule has 0 aromatic carbocycles. The van der Waals surface area contributed by atoms with Gasteiger partial charge in [-0.05, 0) is 18.6 Å². The van der Waals surface area contributed by atoms with Crippen molar-refractivity contribution >= 4 is 5.65 Å². The van der Waals surface area contributed by atoms with Gasteiger partial charge in [-0.3, -0.25) is 4.90 Å². The van der Waals surface area contributed by atoms with Crippen LogP contribution in [0.1, 0.15) is 12.1 Å². The predicted octanol–water partition coefficient (Wildman–Crippen LogP) is 0.916. The highest BCUT2D eigenvalue weighted by atomic mass is 16.5. The SMILES string of the molecule is CO[C@H]1C[C@@H](CO)N(Cc2cn3ccccc3n2)C1. The van der Waals surface area contributed by atoms with Gasteiger partial charge in [0.1, 0.15) is 5.65 Å². The number of pyridine rings is 1. The molecule has 3 heterocycles. The molecule has 0 aliphatic carbocycles. The molecule has 5 heteroatoms. The van der Waals surface area contributed by atoms with Gasteiger partial charge in [-0.15, -0.1) is 0 Å². The molecule has 2 aromatic heterocycles. The van der Waals surface area contributed by atoms with Crippen LogP contribution in [0.2, 0.25) is 0 Å². The second kappa shape index (κ2) is 5.28. The quantitative estimate of drug-likeness (QED) is 0.889. The summed E-state index contributed by atoms with van der Waals surface area (Å²) in [5.41, 5.74) is 1.99. The van der Waals surface area contributed by atoms with Crippen LogP contribution in [-0.4, -0.2) is 51.8 Å². The van der Waals surface area contributed by atoms with Gasteiger partial charge in [-0.1, -0.05) is 6.07 Å². The summed E-state index contributed by atoms with van der Waals surface area (Å²) in [7, 11) is 1.73. The number of aromatic nitrogens is 2. The van der Waals surface area contributed by atoms with Crippen LogP contribution in [0.4, 0.5) is 0 Å². The van der Waals surface area contributed by atoms with Crippen LogP contribution in [0.5, 0.6) is 0 Å². The molecule has 1 fully saturated rings. The Morgan fingerprint density at radius 1 is 1.47 bits per heavy atom. The minimum atomic E-state index is 0.174. The molecule has 0 bridgehead atoms. The van der Waals surface area contributed by atoms with Crippen molar-refractivity contribution < 1.29 is 9.84 Å². The van der Waals surface area contributed by atoms with Crippen molar-refractivity contribution in [3.63, 3.8) is 0 Å². The lowest BCUT2D eigenvalue weighted by Gasteiger charge is -2.20. The molecule has 1 N–H and O–H groups in total. The van der Waals surface area contributed by atoms with Crippen molar-refractivity contribution in [2.75, 3.05) is 20.3 Å². The van der Waals surface area contributed by atoms with E-state index in [1.165, 1.54) is 0 Å². The average molecular weight is 261 g/mol. The van der Waals surface area contributed by atoms with Crippen molar-refractivity contribution in [1.29, 1.82) is 0 Å². The Morgan fingerprint density at radius 3 is 3.11 bits per heavy atom. The molecule has 3 rings (SSSR count). The summed E-state index contributed by atoms with van der Waals surface area (Å²) in [5.74, 6) is 0. The molecule has 0 radical (unpaired) electrons. The highest BCUT2D eigenvalue weighted by Gasteiger charge is 2.31. The summed E-state index contributed by atoms with van der Waals surface area (Å²) < 4.78 is 7.41. The van der Waals surface area contributed by atoms with E-state index >= 15 is 0 Å². The molecule has 1 aliphatic heterocycles. The number of aliphatic hydroxyl groups is 1. The number of hydrogen-bond acceptors (Lipinski definition) is 4. The fourth-order valence-corrected chi connectivity index (χ4v) is 2.76. The second-order valence-electron chi connectivity index (χ2n) is 5.06. The van der Waals surface area contributed by atoms with Gasteiger partial charge in [0.25, 0.3) is 0 Å². The fourth-order valence-electron chi connectivity index (χ4n) is 2.76. The predicted molar refractivity (Wildman–Crippen MR) is 71.9 cm³/mol. The number of likely N-dealkylation sites (tertiary alicyclic amines) is 1. The molecule has 5 nitrogen and oxygen atoms in total. The van der Waals surface area contributed by atoms with Gasteiger partial charge in [0, 0.05) is 38.6 Å². The third kappa shape index (κ3) is 2.49. The minimum Gasteiger partial charge on any atom is -0.395 e. The Labute approximate surface area is 112 Å². The lowest BCUT2D eigenvalue weighted by Crippen LogP contribution is -2.32. The maximum absolute atomic E-state index is 9.44. The maximum Gasteiger partial charge on any atom is 0.137 e. The monoisotopic (exact) mass is 261 g/mol. The number of fused-ring (bicyclic) bond motifs is 1. The van der Waals surface area contributed by atoms with Crippen molar-refractivity contribution in [2.45, 2.75) is 25.1 Å². The molecule has 0 unspecified atom stereocenters. The summed E-state index contributed by atoms with van der Waals surface area (Å²) in [6, 6.07) is 6.15. The maximum atomic E-state index is 9.44. The molecular weight excluding hydrogens is 242 g/mol. The molecule has 1 aliphatic rings. The first kappa shape index (κ1) is 12.6. The van der Waals surface area contributed by atoms with E-state index in [-0.39, 0.29) is 18.8 Å². The van der Waals surface area contributed by atoms with Gasteiger partial charge in [0.2, 0.25) is 0 Å². The van der Waals surface area contributed by atoms with Crippen molar-refractivity contribution in [3.05, 3.63) is 36.3 Å². The van der Waals surface area contributed by atoms with Crippen LogP contribution in [0.15, 0.2) is 30.6 Å². The Balaban J connectivity index is 1.76. The smallest absolute Gasteiger partial charge is 0.137 e. The number of imidazole rings is 1. The molecule has 102 valence electrons. The Hall–Kier alpha value is -1.43. The van der Waals surface area contributed by atoms with E-state index in [9.17, 15) is 5.11 Å². The van der Waals surface area contributed by atoms with Crippen molar-refractivity contribution in [3.8, 4) is 0 Å². The largest absolute Gasteiger partial charge is 0.395 e. The van der Waals surface area contributed by atoms with E-state index < -0.39 is 0 Å². The van der Waals surface area contributed by atoms with Crippen LogP contribution < -0.4 is 0 Å². The molecule has 2 aromatic rings. The zero-order valence-corrected chi connectivity index (χ0v) is 11.1. The van der Waals surface area contributed by atoms with Crippen LogP contribution in [0.25, 0.3) is 5.65 Å². The van der Waals surface area contributed by atoms with Crippen LogP contribution in [0.3, 0.4) is 0 Å². The minimum absolute atomic E-state index is 0.174. The lowest BCUT2D eigenvalue weighted by atomic mass is 10.2. The van der Waals surface area contributed by atoms with E-state index in [0.29, 0.717) is 0 Å². The zero-order valence-electron chi connectivity index (χ0n) is 11.1. The molecule has 0 saturated carbocycles. The number of nitrogens with zero attached hydrogens (tertiary/aromatic N) is 3. The molecule has 1 saturated heterocycles. The number of methoxy groups -OCH3 is 1. The Bertz CT molecular complexity index is 521. The molecule has 0 amide bonds. The van der Waals surface area contributed by atoms with E-state index in [1.54, 1.807) is 7.11 Å². The van der Waals surface area contributed by atoms with E-state index in [2.05, 4.69) is 9.88 Å². The first-order valence-corrected chi connectivity index (χ1v) is 6.60. The number of ether oxygens (including phenoxy) is 1. The Morgan fingerprint density at radius 2 is 2.37 bits per heavy atom. The second-order valence-corrected chi connectivity index (χ2v) is 5.06. The first-order chi connectivity index (χ1) is 9.30. The first-order valence-electron chi connectivity index (χ1n) is 6.60. The van der Waals surface area contributed by atoms with Gasteiger partial charge >= 0.3 is 0 Å². The molecule has 19 heavy (non-hydrogen) atoms. The topological polar surface area (TPSA) is 50.0 Å². The van der Waals surface area contributed by atoms with Crippen LogP contribution in [0, 0.1) is 0 Å². The summed E-state index contributed by atoms with van der Waals surface area (Å²) in [5, 5.41) is 9.44. The van der Waals surface area contributed by atoms with E-state index in [4.69, 9.17) is 4.74 Å². The lowest BCUT2D eigenvalue weighted by molar-refractivity contribution is 0.107. The number of rotatable bonds is 4. The Kier molecular flexibility index (Phi) is 3.50. The van der Waals surface area contributed by atoms with E-state index in [1.807, 2.05) is 35.0 Å². The zero-order chi connectivity index (χ0) is 13.2. The van der Waals surface area contributed by atoms with Gasteiger partial charge in [0.15, 0.2) is 0 Å². The third-order valence-electron chi connectivity index (χ3n) is 3.81. The number of aliphatic hydroxyl groups excluding tert-OH is 1. The van der Waals surface area contributed by atoms with E-state index in [0.717, 1.165) is 30.9 Å². The van der Waals surface area contributed by atoms with Crippen molar-refractivity contribution in [2.24, 2.45) is 0 Å². The standard InChI is InChI=1S/C14H19N3O2/c1-19-13-6-12(10-18)17(9-13)8-11-7-16-5-3-2-4-14(16)15-11/h2-5,7,12-13,18H,6,8-10H2,1H3/t12-,13-/m0/s1. The molecular formula is C14H19N3O2. The third-order valence-corrected chi connectivity index (χ3v) is 3.81. The fraction of sp³-hybridized carbons (Fsp3) is 0.500.